The summed E-state index contributed by atoms with van der Waals surface area (Å²) in [6, 6.07) is 7.02. The Labute approximate surface area is 110 Å². The predicted molar refractivity (Wildman–Crippen MR) is 71.2 cm³/mol. The van der Waals surface area contributed by atoms with E-state index in [-0.39, 0.29) is 23.1 Å². The van der Waals surface area contributed by atoms with Crippen molar-refractivity contribution in [2.45, 2.75) is 19.9 Å². The highest BCUT2D eigenvalue weighted by molar-refractivity contribution is 5.97. The molecule has 0 radical (unpaired) electrons. The molecule has 100 valence electrons. The molecule has 1 amide bonds. The highest BCUT2D eigenvalue weighted by Crippen LogP contribution is 2.24. The summed E-state index contributed by atoms with van der Waals surface area (Å²) < 4.78 is 10.6. The molecule has 0 aliphatic carbocycles. The highest BCUT2D eigenvalue weighted by Gasteiger charge is 2.13. The number of methoxy groups -OCH3 is 1. The van der Waals surface area contributed by atoms with Gasteiger partial charge in [0.15, 0.2) is 11.3 Å². The molecule has 1 heterocycles. The van der Waals surface area contributed by atoms with Gasteiger partial charge in [-0.1, -0.05) is 12.1 Å². The number of ether oxygens (including phenoxy) is 1. The molecule has 0 fully saturated rings. The fourth-order valence-electron chi connectivity index (χ4n) is 1.80. The number of amides is 1. The largest absolute Gasteiger partial charge is 0.493 e. The minimum atomic E-state index is -0.312. The number of carbonyl (C=O) groups excluding carboxylic acids is 1. The standard InChI is InChI=1S/C14H16N2O3/c1-8(2)16-14(17)10-7-9-5-4-6-11(18-3)12(9)19-13(10)15/h4-8,15H,1-3H3,(H,16,17). The molecular formula is C14H16N2O3. The molecule has 0 unspecified atom stereocenters. The normalized spacial score (nSPS) is 10.7. The summed E-state index contributed by atoms with van der Waals surface area (Å²) in [6.45, 7) is 3.73. The molecule has 0 bridgehead atoms. The molecule has 1 aromatic heterocycles. The molecule has 2 N–H and O–H groups in total. The highest BCUT2D eigenvalue weighted by atomic mass is 16.5. The van der Waals surface area contributed by atoms with Crippen molar-refractivity contribution < 1.29 is 13.9 Å². The summed E-state index contributed by atoms with van der Waals surface area (Å²) in [7, 11) is 1.54. The van der Waals surface area contributed by atoms with Gasteiger partial charge in [0.2, 0.25) is 5.55 Å². The first-order chi connectivity index (χ1) is 9.02. The summed E-state index contributed by atoms with van der Waals surface area (Å²) in [4.78, 5) is 12.0. The Morgan fingerprint density at radius 1 is 1.42 bits per heavy atom. The minimum absolute atomic E-state index is 0.00732. The van der Waals surface area contributed by atoms with Crippen LogP contribution in [0.1, 0.15) is 24.2 Å². The van der Waals surface area contributed by atoms with Crippen LogP contribution in [0.3, 0.4) is 0 Å². The molecule has 0 saturated heterocycles. The third-order valence-electron chi connectivity index (χ3n) is 2.64. The summed E-state index contributed by atoms with van der Waals surface area (Å²) in [5, 5.41) is 11.3. The van der Waals surface area contributed by atoms with Gasteiger partial charge in [-0.3, -0.25) is 10.2 Å². The fraction of sp³-hybridized carbons (Fsp3) is 0.286. The second-order valence-electron chi connectivity index (χ2n) is 4.50. The average molecular weight is 260 g/mol. The minimum Gasteiger partial charge on any atom is -0.493 e. The SMILES string of the molecule is COc1cccc2cc(C(=O)NC(C)C)c(=N)oc12. The first-order valence-electron chi connectivity index (χ1n) is 5.99. The molecule has 1 aromatic carbocycles. The van der Waals surface area contributed by atoms with Crippen LogP contribution in [-0.4, -0.2) is 19.1 Å². The Hall–Kier alpha value is -2.30. The van der Waals surface area contributed by atoms with Crippen LogP contribution in [0.15, 0.2) is 28.7 Å². The van der Waals surface area contributed by atoms with Crippen LogP contribution in [-0.2, 0) is 0 Å². The quantitative estimate of drug-likeness (QED) is 0.887. The number of fused-ring (bicyclic) bond motifs is 1. The summed E-state index contributed by atoms with van der Waals surface area (Å²) in [5.41, 5.74) is 0.515. The van der Waals surface area contributed by atoms with Crippen LogP contribution < -0.4 is 15.6 Å². The van der Waals surface area contributed by atoms with Crippen LogP contribution in [0.2, 0.25) is 0 Å². The Morgan fingerprint density at radius 3 is 2.79 bits per heavy atom. The Kier molecular flexibility index (Phi) is 3.55. The Balaban J connectivity index is 2.57. The van der Waals surface area contributed by atoms with Crippen LogP contribution in [0.25, 0.3) is 11.0 Å². The Bertz CT molecular complexity index is 674. The molecule has 2 rings (SSSR count). The molecule has 0 atom stereocenters. The van der Waals surface area contributed by atoms with Gasteiger partial charge in [-0.15, -0.1) is 0 Å². The van der Waals surface area contributed by atoms with E-state index in [1.54, 1.807) is 12.1 Å². The van der Waals surface area contributed by atoms with Crippen LogP contribution in [0.5, 0.6) is 5.75 Å². The van der Waals surface area contributed by atoms with E-state index in [0.717, 1.165) is 5.39 Å². The lowest BCUT2D eigenvalue weighted by atomic mass is 10.1. The van der Waals surface area contributed by atoms with Crippen molar-refractivity contribution in [1.82, 2.24) is 5.32 Å². The number of carbonyl (C=O) groups is 1. The second kappa shape index (κ2) is 5.14. The van der Waals surface area contributed by atoms with Crippen molar-refractivity contribution in [2.24, 2.45) is 0 Å². The van der Waals surface area contributed by atoms with Gasteiger partial charge >= 0.3 is 0 Å². The molecular weight excluding hydrogens is 244 g/mol. The number of hydrogen-bond acceptors (Lipinski definition) is 4. The second-order valence-corrected chi connectivity index (χ2v) is 4.50. The van der Waals surface area contributed by atoms with E-state index in [4.69, 9.17) is 14.6 Å². The van der Waals surface area contributed by atoms with E-state index in [1.165, 1.54) is 7.11 Å². The van der Waals surface area contributed by atoms with Crippen molar-refractivity contribution in [1.29, 1.82) is 5.41 Å². The molecule has 19 heavy (non-hydrogen) atoms. The molecule has 0 aliphatic heterocycles. The number of benzene rings is 1. The molecule has 5 heteroatoms. The first-order valence-corrected chi connectivity index (χ1v) is 5.99. The van der Waals surface area contributed by atoms with E-state index in [9.17, 15) is 4.79 Å². The van der Waals surface area contributed by atoms with Gasteiger partial charge in [0.1, 0.15) is 5.56 Å². The van der Waals surface area contributed by atoms with Crippen molar-refractivity contribution in [3.05, 3.63) is 35.4 Å². The Morgan fingerprint density at radius 2 is 2.16 bits per heavy atom. The number of nitrogens with one attached hydrogen (secondary N) is 2. The number of para-hydroxylation sites is 1. The van der Waals surface area contributed by atoms with Gasteiger partial charge in [-0.2, -0.15) is 0 Å². The van der Waals surface area contributed by atoms with Crippen LogP contribution in [0, 0.1) is 5.41 Å². The monoisotopic (exact) mass is 260 g/mol. The predicted octanol–water partition coefficient (Wildman–Crippen LogP) is 2.06. The van der Waals surface area contributed by atoms with Gasteiger partial charge in [-0.25, -0.2) is 0 Å². The summed E-state index contributed by atoms with van der Waals surface area (Å²) in [6.07, 6.45) is 0. The third kappa shape index (κ3) is 2.59. The van der Waals surface area contributed by atoms with Crippen molar-refractivity contribution in [2.75, 3.05) is 7.11 Å². The fourth-order valence-corrected chi connectivity index (χ4v) is 1.80. The lowest BCUT2D eigenvalue weighted by Gasteiger charge is -2.09. The van der Waals surface area contributed by atoms with E-state index in [1.807, 2.05) is 26.0 Å². The number of rotatable bonds is 3. The molecule has 5 nitrogen and oxygen atoms in total. The van der Waals surface area contributed by atoms with Crippen molar-refractivity contribution >= 4 is 16.9 Å². The summed E-state index contributed by atoms with van der Waals surface area (Å²) in [5.74, 6) is 0.232. The zero-order valence-corrected chi connectivity index (χ0v) is 11.1. The molecule has 0 aliphatic rings. The topological polar surface area (TPSA) is 75.3 Å². The van der Waals surface area contributed by atoms with Gasteiger partial charge < -0.3 is 14.5 Å². The zero-order valence-electron chi connectivity index (χ0n) is 11.1. The van der Waals surface area contributed by atoms with Crippen molar-refractivity contribution in [3.8, 4) is 5.75 Å². The van der Waals surface area contributed by atoms with E-state index in [2.05, 4.69) is 5.32 Å². The number of hydrogen-bond donors (Lipinski definition) is 2. The average Bonchev–Trinajstić information content (AvgIpc) is 2.36. The van der Waals surface area contributed by atoms with Crippen LogP contribution in [0.4, 0.5) is 0 Å². The smallest absolute Gasteiger partial charge is 0.256 e. The van der Waals surface area contributed by atoms with Gasteiger partial charge in [-0.05, 0) is 26.0 Å². The van der Waals surface area contributed by atoms with Gasteiger partial charge in [0.05, 0.1) is 7.11 Å². The van der Waals surface area contributed by atoms with E-state index in [0.29, 0.717) is 11.3 Å². The van der Waals surface area contributed by atoms with Crippen molar-refractivity contribution in [3.63, 3.8) is 0 Å². The lowest BCUT2D eigenvalue weighted by molar-refractivity contribution is 0.0938. The maximum atomic E-state index is 12.0. The van der Waals surface area contributed by atoms with Gasteiger partial charge in [0, 0.05) is 11.4 Å². The summed E-state index contributed by atoms with van der Waals surface area (Å²) >= 11 is 0. The van der Waals surface area contributed by atoms with E-state index < -0.39 is 0 Å². The third-order valence-corrected chi connectivity index (χ3v) is 2.64. The maximum absolute atomic E-state index is 12.0. The first kappa shape index (κ1) is 13.1. The lowest BCUT2D eigenvalue weighted by Crippen LogP contribution is -2.33. The molecule has 0 saturated carbocycles. The zero-order chi connectivity index (χ0) is 14.0. The van der Waals surface area contributed by atoms with Gasteiger partial charge in [0.25, 0.3) is 5.91 Å². The van der Waals surface area contributed by atoms with E-state index >= 15 is 0 Å². The molecule has 0 spiro atoms. The molecule has 2 aromatic rings. The maximum Gasteiger partial charge on any atom is 0.256 e. The van der Waals surface area contributed by atoms with Crippen LogP contribution >= 0.6 is 0 Å².